The first-order valence-electron chi connectivity index (χ1n) is 4.55. The Labute approximate surface area is 92.5 Å². The van der Waals surface area contributed by atoms with Gasteiger partial charge in [0, 0.05) is 12.5 Å². The highest BCUT2D eigenvalue weighted by molar-refractivity contribution is 6.45. The molecular formula is C10H12N4O2. The summed E-state index contributed by atoms with van der Waals surface area (Å²) >= 11 is 0. The van der Waals surface area contributed by atoms with Crippen molar-refractivity contribution in [3.05, 3.63) is 35.9 Å². The normalized spacial score (nSPS) is 10.8. The van der Waals surface area contributed by atoms with Crippen LogP contribution in [0.25, 0.3) is 0 Å². The van der Waals surface area contributed by atoms with Crippen molar-refractivity contribution in [2.45, 2.75) is 6.92 Å². The SMILES string of the molecule is CC(=O)NN=C(C(=O)NN)c1ccccc1. The maximum atomic E-state index is 11.4. The van der Waals surface area contributed by atoms with Crippen molar-refractivity contribution in [1.82, 2.24) is 10.9 Å². The van der Waals surface area contributed by atoms with Crippen LogP contribution >= 0.6 is 0 Å². The first-order valence-corrected chi connectivity index (χ1v) is 4.55. The molecule has 0 saturated carbocycles. The van der Waals surface area contributed by atoms with E-state index < -0.39 is 5.91 Å². The minimum Gasteiger partial charge on any atom is -0.289 e. The molecule has 0 fully saturated rings. The second-order valence-electron chi connectivity index (χ2n) is 2.97. The molecule has 2 amide bonds. The van der Waals surface area contributed by atoms with E-state index in [1.54, 1.807) is 30.3 Å². The van der Waals surface area contributed by atoms with Gasteiger partial charge in [-0.15, -0.1) is 0 Å². The van der Waals surface area contributed by atoms with E-state index in [4.69, 9.17) is 5.84 Å². The summed E-state index contributed by atoms with van der Waals surface area (Å²) in [7, 11) is 0. The van der Waals surface area contributed by atoms with Crippen LogP contribution in [0, 0.1) is 0 Å². The average molecular weight is 220 g/mol. The Morgan fingerprint density at radius 2 is 1.88 bits per heavy atom. The molecule has 1 rings (SSSR count). The zero-order chi connectivity index (χ0) is 12.0. The van der Waals surface area contributed by atoms with Gasteiger partial charge in [0.2, 0.25) is 5.91 Å². The molecule has 1 aromatic carbocycles. The van der Waals surface area contributed by atoms with Crippen molar-refractivity contribution in [3.8, 4) is 0 Å². The van der Waals surface area contributed by atoms with Gasteiger partial charge >= 0.3 is 0 Å². The smallest absolute Gasteiger partial charge is 0.286 e. The fourth-order valence-electron chi connectivity index (χ4n) is 1.05. The first kappa shape index (κ1) is 11.9. The summed E-state index contributed by atoms with van der Waals surface area (Å²) in [5, 5.41) is 3.69. The van der Waals surface area contributed by atoms with Gasteiger partial charge in [0.05, 0.1) is 0 Å². The van der Waals surface area contributed by atoms with E-state index in [1.807, 2.05) is 5.43 Å². The number of nitrogens with one attached hydrogen (secondary N) is 2. The fraction of sp³-hybridized carbons (Fsp3) is 0.100. The Morgan fingerprint density at radius 1 is 1.25 bits per heavy atom. The van der Waals surface area contributed by atoms with Gasteiger partial charge in [0.25, 0.3) is 5.91 Å². The Morgan fingerprint density at radius 3 is 2.38 bits per heavy atom. The highest BCUT2D eigenvalue weighted by Crippen LogP contribution is 2.00. The molecule has 0 radical (unpaired) electrons. The molecule has 0 aromatic heterocycles. The molecule has 1 aromatic rings. The lowest BCUT2D eigenvalue weighted by molar-refractivity contribution is -0.118. The summed E-state index contributed by atoms with van der Waals surface area (Å²) in [6.07, 6.45) is 0. The highest BCUT2D eigenvalue weighted by Gasteiger charge is 2.12. The second-order valence-corrected chi connectivity index (χ2v) is 2.97. The van der Waals surface area contributed by atoms with Crippen LogP contribution in [0.15, 0.2) is 35.4 Å². The van der Waals surface area contributed by atoms with Crippen molar-refractivity contribution in [1.29, 1.82) is 0 Å². The van der Waals surface area contributed by atoms with Crippen molar-refractivity contribution < 1.29 is 9.59 Å². The van der Waals surface area contributed by atoms with Crippen LogP contribution in [-0.4, -0.2) is 17.5 Å². The van der Waals surface area contributed by atoms with Crippen LogP contribution in [0.4, 0.5) is 0 Å². The molecule has 0 heterocycles. The second kappa shape index (κ2) is 5.62. The first-order chi connectivity index (χ1) is 7.65. The molecule has 0 aliphatic heterocycles. The largest absolute Gasteiger partial charge is 0.289 e. The van der Waals surface area contributed by atoms with Crippen LogP contribution in [0.3, 0.4) is 0 Å². The van der Waals surface area contributed by atoms with E-state index in [0.717, 1.165) is 0 Å². The minimum atomic E-state index is -0.569. The highest BCUT2D eigenvalue weighted by atomic mass is 16.2. The number of rotatable bonds is 3. The number of hydrazine groups is 1. The number of benzene rings is 1. The van der Waals surface area contributed by atoms with Gasteiger partial charge in [-0.25, -0.2) is 11.3 Å². The van der Waals surface area contributed by atoms with Crippen LogP contribution in [0.2, 0.25) is 0 Å². The van der Waals surface area contributed by atoms with Gasteiger partial charge in [0.15, 0.2) is 5.71 Å². The van der Waals surface area contributed by atoms with Crippen LogP contribution in [0.1, 0.15) is 12.5 Å². The number of carbonyl (C=O) groups excluding carboxylic acids is 2. The summed E-state index contributed by atoms with van der Waals surface area (Å²) in [4.78, 5) is 22.1. The molecule has 0 atom stereocenters. The average Bonchev–Trinajstić information content (AvgIpc) is 2.30. The third kappa shape index (κ3) is 3.18. The molecule has 6 heteroatoms. The van der Waals surface area contributed by atoms with Crippen molar-refractivity contribution in [2.24, 2.45) is 10.9 Å². The molecule has 0 spiro atoms. The van der Waals surface area contributed by atoms with E-state index in [9.17, 15) is 9.59 Å². The minimum absolute atomic E-state index is 0.0540. The van der Waals surface area contributed by atoms with Crippen molar-refractivity contribution in [3.63, 3.8) is 0 Å². The van der Waals surface area contributed by atoms with E-state index >= 15 is 0 Å². The summed E-state index contributed by atoms with van der Waals surface area (Å²) in [6, 6.07) is 8.69. The molecule has 0 aliphatic carbocycles. The summed E-state index contributed by atoms with van der Waals surface area (Å²) in [6.45, 7) is 1.30. The number of carbonyl (C=O) groups is 2. The zero-order valence-electron chi connectivity index (χ0n) is 8.73. The van der Waals surface area contributed by atoms with Crippen LogP contribution < -0.4 is 16.7 Å². The number of nitrogens with two attached hydrogens (primary N) is 1. The van der Waals surface area contributed by atoms with Crippen LogP contribution in [-0.2, 0) is 9.59 Å². The maximum Gasteiger partial charge on any atom is 0.286 e. The fourth-order valence-corrected chi connectivity index (χ4v) is 1.05. The molecule has 0 saturated heterocycles. The lowest BCUT2D eigenvalue weighted by atomic mass is 10.1. The van der Waals surface area contributed by atoms with E-state index in [0.29, 0.717) is 5.56 Å². The Hall–Kier alpha value is -2.21. The maximum absolute atomic E-state index is 11.4. The zero-order valence-corrected chi connectivity index (χ0v) is 8.73. The number of hydrogen-bond acceptors (Lipinski definition) is 4. The molecule has 0 unspecified atom stereocenters. The van der Waals surface area contributed by atoms with Gasteiger partial charge in [-0.1, -0.05) is 30.3 Å². The molecule has 6 nitrogen and oxygen atoms in total. The van der Waals surface area contributed by atoms with Gasteiger partial charge in [0.1, 0.15) is 0 Å². The van der Waals surface area contributed by atoms with E-state index in [-0.39, 0.29) is 11.6 Å². The summed E-state index contributed by atoms with van der Waals surface area (Å²) < 4.78 is 0. The number of amides is 2. The lowest BCUT2D eigenvalue weighted by Crippen LogP contribution is -2.38. The number of nitrogens with zero attached hydrogens (tertiary/aromatic N) is 1. The molecule has 4 N–H and O–H groups in total. The Balaban J connectivity index is 3.01. The number of hydrogen-bond donors (Lipinski definition) is 3. The van der Waals surface area contributed by atoms with Gasteiger partial charge in [-0.2, -0.15) is 5.10 Å². The van der Waals surface area contributed by atoms with Gasteiger partial charge in [-0.05, 0) is 0 Å². The standard InChI is InChI=1S/C10H12N4O2/c1-7(15)13-14-9(10(16)12-11)8-5-3-2-4-6-8/h2-6H,11H2,1H3,(H,12,16)(H,13,15). The van der Waals surface area contributed by atoms with Gasteiger partial charge in [-0.3, -0.25) is 15.0 Å². The Kier molecular flexibility index (Phi) is 4.16. The molecule has 16 heavy (non-hydrogen) atoms. The predicted octanol–water partition coefficient (Wildman–Crippen LogP) is -0.483. The molecule has 84 valence electrons. The molecule has 0 bridgehead atoms. The summed E-state index contributed by atoms with van der Waals surface area (Å²) in [5.74, 6) is 4.09. The van der Waals surface area contributed by atoms with Crippen LogP contribution in [0.5, 0.6) is 0 Å². The topological polar surface area (TPSA) is 96.6 Å². The third-order valence-electron chi connectivity index (χ3n) is 1.72. The lowest BCUT2D eigenvalue weighted by Gasteiger charge is -2.04. The number of hydrazone groups is 1. The Bertz CT molecular complexity index is 414. The van der Waals surface area contributed by atoms with E-state index in [2.05, 4.69) is 10.5 Å². The monoisotopic (exact) mass is 220 g/mol. The van der Waals surface area contributed by atoms with E-state index in [1.165, 1.54) is 6.92 Å². The molecular weight excluding hydrogens is 208 g/mol. The van der Waals surface area contributed by atoms with Crippen molar-refractivity contribution in [2.75, 3.05) is 0 Å². The van der Waals surface area contributed by atoms with Crippen molar-refractivity contribution >= 4 is 17.5 Å². The predicted molar refractivity (Wildman–Crippen MR) is 59.1 cm³/mol. The quantitative estimate of drug-likeness (QED) is 0.278. The summed E-state index contributed by atoms with van der Waals surface area (Å²) in [5.41, 5.74) is 4.78. The van der Waals surface area contributed by atoms with Gasteiger partial charge < -0.3 is 0 Å². The molecule has 0 aliphatic rings. The third-order valence-corrected chi connectivity index (χ3v) is 1.72.